The van der Waals surface area contributed by atoms with Gasteiger partial charge < -0.3 is 20.3 Å². The van der Waals surface area contributed by atoms with Crippen molar-refractivity contribution in [3.05, 3.63) is 36.5 Å². The van der Waals surface area contributed by atoms with Crippen LogP contribution in [-0.4, -0.2) is 47.4 Å². The molecular weight excluding hydrogens is 875 g/mol. The molecule has 0 aliphatic carbocycles. The predicted molar refractivity (Wildman–Crippen MR) is 310 cm³/mol. The average molecular weight is 999 g/mol. The first-order valence-corrected chi connectivity index (χ1v) is 31.8. The van der Waals surface area contributed by atoms with Crippen LogP contribution in [0, 0.1) is 0 Å². The van der Waals surface area contributed by atoms with Crippen LogP contribution in [0.1, 0.15) is 341 Å². The minimum atomic E-state index is -0.849. The fourth-order valence-electron chi connectivity index (χ4n) is 9.74. The van der Waals surface area contributed by atoms with Crippen molar-refractivity contribution >= 4 is 11.9 Å². The molecule has 0 radical (unpaired) electrons. The molecule has 418 valence electrons. The molecule has 0 aliphatic rings. The number of nitrogens with one attached hydrogen (secondary N) is 1. The van der Waals surface area contributed by atoms with E-state index in [4.69, 9.17) is 4.74 Å². The zero-order chi connectivity index (χ0) is 51.4. The minimum Gasteiger partial charge on any atom is -0.466 e. The van der Waals surface area contributed by atoms with Gasteiger partial charge in [-0.2, -0.15) is 0 Å². The quantitative estimate of drug-likeness (QED) is 0.0321. The number of carbonyl (C=O) groups is 2. The van der Waals surface area contributed by atoms with E-state index in [1.54, 1.807) is 6.08 Å². The molecule has 71 heavy (non-hydrogen) atoms. The summed E-state index contributed by atoms with van der Waals surface area (Å²) in [6, 6.07) is -0.633. The van der Waals surface area contributed by atoms with Gasteiger partial charge in [0.2, 0.25) is 5.91 Å². The summed E-state index contributed by atoms with van der Waals surface area (Å²) in [5.41, 5.74) is 0. The molecule has 2 atom stereocenters. The van der Waals surface area contributed by atoms with Crippen molar-refractivity contribution in [3.8, 4) is 0 Å². The Balaban J connectivity index is 3.42. The Bertz CT molecular complexity index is 1150. The molecule has 0 bridgehead atoms. The third kappa shape index (κ3) is 57.2. The lowest BCUT2D eigenvalue weighted by atomic mass is 10.0. The minimum absolute atomic E-state index is 0.00725. The maximum absolute atomic E-state index is 12.5. The fourth-order valence-corrected chi connectivity index (χ4v) is 9.74. The van der Waals surface area contributed by atoms with Crippen LogP contribution in [-0.2, 0) is 14.3 Å². The summed E-state index contributed by atoms with van der Waals surface area (Å²) >= 11 is 0. The van der Waals surface area contributed by atoms with Crippen LogP contribution in [0.25, 0.3) is 0 Å². The Hall–Kier alpha value is -1.92. The number of unbranched alkanes of at least 4 members (excludes halogenated alkanes) is 44. The molecule has 0 aromatic carbocycles. The number of allylic oxidation sites excluding steroid dienone is 5. The van der Waals surface area contributed by atoms with Gasteiger partial charge in [-0.05, 0) is 83.5 Å². The lowest BCUT2D eigenvalue weighted by molar-refractivity contribution is -0.143. The Kier molecular flexibility index (Phi) is 59.0. The first kappa shape index (κ1) is 69.1. The zero-order valence-electron chi connectivity index (χ0n) is 47.7. The van der Waals surface area contributed by atoms with Crippen molar-refractivity contribution < 1.29 is 24.5 Å². The Morgan fingerprint density at radius 2 is 0.662 bits per heavy atom. The smallest absolute Gasteiger partial charge is 0.305 e. The monoisotopic (exact) mass is 998 g/mol. The Labute approximate surface area is 443 Å². The molecule has 1 amide bonds. The van der Waals surface area contributed by atoms with Crippen LogP contribution in [0.3, 0.4) is 0 Å². The molecule has 0 saturated carbocycles. The van der Waals surface area contributed by atoms with E-state index < -0.39 is 12.1 Å². The summed E-state index contributed by atoms with van der Waals surface area (Å²) in [6.45, 7) is 4.90. The number of hydrogen-bond donors (Lipinski definition) is 3. The van der Waals surface area contributed by atoms with Gasteiger partial charge in [-0.25, -0.2) is 0 Å². The van der Waals surface area contributed by atoms with Gasteiger partial charge >= 0.3 is 5.97 Å². The molecule has 0 rings (SSSR count). The summed E-state index contributed by atoms with van der Waals surface area (Å²) in [6.07, 6.45) is 76.1. The van der Waals surface area contributed by atoms with E-state index in [1.807, 2.05) is 6.08 Å². The van der Waals surface area contributed by atoms with Crippen molar-refractivity contribution in [2.45, 2.75) is 353 Å². The molecular formula is C65H123NO5. The van der Waals surface area contributed by atoms with E-state index in [0.29, 0.717) is 19.4 Å². The topological polar surface area (TPSA) is 95.9 Å². The van der Waals surface area contributed by atoms with Gasteiger partial charge in [0.15, 0.2) is 0 Å². The van der Waals surface area contributed by atoms with E-state index in [1.165, 1.54) is 263 Å². The van der Waals surface area contributed by atoms with Crippen LogP contribution in [0.5, 0.6) is 0 Å². The largest absolute Gasteiger partial charge is 0.466 e. The highest BCUT2D eigenvalue weighted by Crippen LogP contribution is 2.17. The lowest BCUT2D eigenvalue weighted by Crippen LogP contribution is -2.45. The number of hydrogen-bond acceptors (Lipinski definition) is 5. The van der Waals surface area contributed by atoms with Gasteiger partial charge in [-0.15, -0.1) is 0 Å². The summed E-state index contributed by atoms with van der Waals surface area (Å²) in [5, 5.41) is 23.1. The van der Waals surface area contributed by atoms with Crippen molar-refractivity contribution in [2.75, 3.05) is 13.2 Å². The third-order valence-electron chi connectivity index (χ3n) is 14.6. The van der Waals surface area contributed by atoms with E-state index in [-0.39, 0.29) is 18.5 Å². The number of amides is 1. The number of ether oxygens (including phenoxy) is 1. The molecule has 0 fully saturated rings. The second-order valence-electron chi connectivity index (χ2n) is 21.7. The summed E-state index contributed by atoms with van der Waals surface area (Å²) in [5.74, 6) is -0.0678. The molecule has 2 unspecified atom stereocenters. The molecule has 6 nitrogen and oxygen atoms in total. The van der Waals surface area contributed by atoms with Gasteiger partial charge in [0, 0.05) is 12.8 Å². The van der Waals surface area contributed by atoms with Gasteiger partial charge in [0.1, 0.15) is 0 Å². The van der Waals surface area contributed by atoms with Crippen LogP contribution in [0.4, 0.5) is 0 Å². The molecule has 0 aromatic heterocycles. The van der Waals surface area contributed by atoms with Gasteiger partial charge in [0.05, 0.1) is 25.4 Å². The maximum atomic E-state index is 12.5. The van der Waals surface area contributed by atoms with E-state index in [0.717, 1.165) is 51.4 Å². The standard InChI is InChI=1S/C65H123NO5/c1-3-5-7-9-11-13-15-17-19-20-24-28-31-35-39-43-47-51-55-59-65(70)71-60-56-52-48-44-40-36-32-29-26-23-21-22-25-27-30-34-38-42-46-50-54-58-64(69)66-62(61-67)63(68)57-53-49-45-41-37-33-18-16-14-12-10-8-6-4-2/h17,19,22,25,53,57,62-63,67-68H,3-16,18,20-21,23-24,26-52,54-56,58-61H2,1-2H3,(H,66,69)/b19-17-,25-22-,57-53+. The molecule has 0 heterocycles. The van der Waals surface area contributed by atoms with E-state index >= 15 is 0 Å². The van der Waals surface area contributed by atoms with Crippen LogP contribution in [0.15, 0.2) is 36.5 Å². The Morgan fingerprint density at radius 1 is 0.380 bits per heavy atom. The van der Waals surface area contributed by atoms with Crippen LogP contribution < -0.4 is 5.32 Å². The van der Waals surface area contributed by atoms with Crippen molar-refractivity contribution in [1.29, 1.82) is 0 Å². The molecule has 6 heteroatoms. The average Bonchev–Trinajstić information content (AvgIpc) is 3.37. The fraction of sp³-hybridized carbons (Fsp3) is 0.877. The van der Waals surface area contributed by atoms with Gasteiger partial charge in [0.25, 0.3) is 0 Å². The van der Waals surface area contributed by atoms with E-state index in [9.17, 15) is 19.8 Å². The van der Waals surface area contributed by atoms with Crippen LogP contribution in [0.2, 0.25) is 0 Å². The zero-order valence-corrected chi connectivity index (χ0v) is 47.7. The summed E-state index contributed by atoms with van der Waals surface area (Å²) < 4.78 is 5.50. The number of aliphatic hydroxyl groups is 2. The first-order chi connectivity index (χ1) is 35.0. The number of carbonyl (C=O) groups excluding carboxylic acids is 2. The second kappa shape index (κ2) is 60.6. The van der Waals surface area contributed by atoms with Crippen molar-refractivity contribution in [2.24, 2.45) is 0 Å². The highest BCUT2D eigenvalue weighted by Gasteiger charge is 2.18. The summed E-state index contributed by atoms with van der Waals surface area (Å²) in [4.78, 5) is 24.6. The van der Waals surface area contributed by atoms with Crippen molar-refractivity contribution in [1.82, 2.24) is 5.32 Å². The highest BCUT2D eigenvalue weighted by atomic mass is 16.5. The van der Waals surface area contributed by atoms with E-state index in [2.05, 4.69) is 43.5 Å². The number of rotatable bonds is 59. The second-order valence-corrected chi connectivity index (χ2v) is 21.7. The maximum Gasteiger partial charge on any atom is 0.305 e. The molecule has 3 N–H and O–H groups in total. The molecule has 0 aliphatic heterocycles. The molecule has 0 aromatic rings. The lowest BCUT2D eigenvalue weighted by Gasteiger charge is -2.20. The van der Waals surface area contributed by atoms with Gasteiger partial charge in [-0.3, -0.25) is 9.59 Å². The molecule has 0 saturated heterocycles. The number of aliphatic hydroxyl groups excluding tert-OH is 2. The highest BCUT2D eigenvalue weighted by molar-refractivity contribution is 5.76. The SMILES string of the molecule is CCCCCCCC/C=C\CCCCCCCCCCCC(=O)OCCCCCCCCCCCC/C=C\CCCCCCCCCC(=O)NC(CO)C(O)/C=C/CCCCCCCCCCCCCC. The third-order valence-corrected chi connectivity index (χ3v) is 14.6. The molecule has 0 spiro atoms. The van der Waals surface area contributed by atoms with Crippen molar-refractivity contribution in [3.63, 3.8) is 0 Å². The first-order valence-electron chi connectivity index (χ1n) is 31.8. The predicted octanol–water partition coefficient (Wildman–Crippen LogP) is 20.0. The van der Waals surface area contributed by atoms with Crippen LogP contribution >= 0.6 is 0 Å². The normalized spacial score (nSPS) is 12.8. The summed E-state index contributed by atoms with van der Waals surface area (Å²) in [7, 11) is 0. The Morgan fingerprint density at radius 3 is 1.00 bits per heavy atom. The van der Waals surface area contributed by atoms with Gasteiger partial charge in [-0.1, -0.05) is 281 Å². The number of esters is 1.